The quantitative estimate of drug-likeness (QED) is 0.682. The Kier molecular flexibility index (Phi) is 6.86. The summed E-state index contributed by atoms with van der Waals surface area (Å²) < 4.78 is 5.13. The Bertz CT molecular complexity index is 286. The van der Waals surface area contributed by atoms with Crippen LogP contribution in [-0.4, -0.2) is 20.2 Å². The van der Waals surface area contributed by atoms with Crippen LogP contribution in [0.1, 0.15) is 30.9 Å². The average molecular weight is 221 g/mol. The molecule has 0 aromatic heterocycles. The van der Waals surface area contributed by atoms with E-state index in [0.717, 1.165) is 13.1 Å². The maximum atomic E-state index is 5.13. The topological polar surface area (TPSA) is 21.3 Å². The summed E-state index contributed by atoms with van der Waals surface area (Å²) in [5, 5.41) is 3.35. The van der Waals surface area contributed by atoms with Gasteiger partial charge in [-0.2, -0.15) is 0 Å². The van der Waals surface area contributed by atoms with E-state index in [4.69, 9.17) is 4.74 Å². The third-order valence-corrected chi connectivity index (χ3v) is 2.62. The molecular formula is C14H23NO. The Labute approximate surface area is 99.0 Å². The van der Waals surface area contributed by atoms with Crippen molar-refractivity contribution < 1.29 is 4.74 Å². The van der Waals surface area contributed by atoms with Crippen molar-refractivity contribution in [3.63, 3.8) is 0 Å². The van der Waals surface area contributed by atoms with E-state index in [1.165, 1.54) is 30.4 Å². The van der Waals surface area contributed by atoms with E-state index in [1.54, 1.807) is 7.11 Å². The molecular weight excluding hydrogens is 198 g/mol. The second-order valence-electron chi connectivity index (χ2n) is 4.06. The van der Waals surface area contributed by atoms with Gasteiger partial charge in [-0.05, 0) is 43.5 Å². The molecule has 1 rings (SSSR count). The molecule has 0 aliphatic heterocycles. The summed E-state index contributed by atoms with van der Waals surface area (Å²) in [7, 11) is 1.74. The van der Waals surface area contributed by atoms with Crippen LogP contribution in [0.4, 0.5) is 0 Å². The van der Waals surface area contributed by atoms with E-state index < -0.39 is 0 Å². The van der Waals surface area contributed by atoms with Crippen molar-refractivity contribution in [2.24, 2.45) is 0 Å². The Morgan fingerprint density at radius 3 is 2.75 bits per heavy atom. The van der Waals surface area contributed by atoms with E-state index >= 15 is 0 Å². The summed E-state index contributed by atoms with van der Waals surface area (Å²) >= 11 is 0. The first kappa shape index (κ1) is 13.2. The lowest BCUT2D eigenvalue weighted by molar-refractivity contribution is 0.185. The van der Waals surface area contributed by atoms with Crippen molar-refractivity contribution in [2.75, 3.05) is 20.2 Å². The largest absolute Gasteiger partial charge is 0.380 e. The molecule has 0 saturated carbocycles. The third-order valence-electron chi connectivity index (χ3n) is 2.62. The van der Waals surface area contributed by atoms with Crippen molar-refractivity contribution in [1.29, 1.82) is 0 Å². The molecule has 0 atom stereocenters. The first-order chi connectivity index (χ1) is 7.86. The highest BCUT2D eigenvalue weighted by molar-refractivity contribution is 5.23. The van der Waals surface area contributed by atoms with E-state index in [2.05, 4.69) is 36.5 Å². The van der Waals surface area contributed by atoms with Crippen molar-refractivity contribution >= 4 is 0 Å². The molecule has 1 aromatic rings. The van der Waals surface area contributed by atoms with Gasteiger partial charge in [0, 0.05) is 7.11 Å². The molecule has 2 heteroatoms. The van der Waals surface area contributed by atoms with Crippen LogP contribution < -0.4 is 5.32 Å². The summed E-state index contributed by atoms with van der Waals surface area (Å²) in [4.78, 5) is 0. The predicted molar refractivity (Wildman–Crippen MR) is 68.6 cm³/mol. The van der Waals surface area contributed by atoms with Gasteiger partial charge in [0.2, 0.25) is 0 Å². The van der Waals surface area contributed by atoms with Crippen molar-refractivity contribution in [3.8, 4) is 0 Å². The number of nitrogens with one attached hydrogen (secondary N) is 1. The zero-order chi connectivity index (χ0) is 11.6. The van der Waals surface area contributed by atoms with Crippen LogP contribution in [-0.2, 0) is 17.8 Å². The molecule has 90 valence electrons. The van der Waals surface area contributed by atoms with Gasteiger partial charge < -0.3 is 10.1 Å². The van der Waals surface area contributed by atoms with Crippen LogP contribution in [0.25, 0.3) is 0 Å². The second kappa shape index (κ2) is 8.31. The van der Waals surface area contributed by atoms with E-state index in [0.29, 0.717) is 6.61 Å². The highest BCUT2D eigenvalue weighted by Crippen LogP contribution is 2.09. The summed E-state index contributed by atoms with van der Waals surface area (Å²) in [6.07, 6.45) is 3.68. The van der Waals surface area contributed by atoms with Crippen LogP contribution in [0.5, 0.6) is 0 Å². The molecule has 0 spiro atoms. The van der Waals surface area contributed by atoms with Crippen molar-refractivity contribution in [2.45, 2.75) is 32.8 Å². The number of ether oxygens (including phenoxy) is 1. The second-order valence-corrected chi connectivity index (χ2v) is 4.06. The van der Waals surface area contributed by atoms with Gasteiger partial charge in [0.15, 0.2) is 0 Å². The van der Waals surface area contributed by atoms with Crippen LogP contribution in [0, 0.1) is 0 Å². The van der Waals surface area contributed by atoms with E-state index in [-0.39, 0.29) is 0 Å². The smallest absolute Gasteiger partial charge is 0.0713 e. The number of benzene rings is 1. The van der Waals surface area contributed by atoms with Gasteiger partial charge in [-0.25, -0.2) is 0 Å². The first-order valence-corrected chi connectivity index (χ1v) is 6.14. The Balaban J connectivity index is 2.27. The molecule has 0 saturated heterocycles. The molecule has 0 amide bonds. The lowest BCUT2D eigenvalue weighted by Gasteiger charge is -2.05. The fourth-order valence-electron chi connectivity index (χ4n) is 1.80. The van der Waals surface area contributed by atoms with Gasteiger partial charge in [0.05, 0.1) is 6.61 Å². The molecule has 1 N–H and O–H groups in total. The van der Waals surface area contributed by atoms with Gasteiger partial charge in [0.25, 0.3) is 0 Å². The molecule has 0 heterocycles. The van der Waals surface area contributed by atoms with Crippen molar-refractivity contribution in [3.05, 3.63) is 35.4 Å². The average Bonchev–Trinajstić information content (AvgIpc) is 2.30. The fourth-order valence-corrected chi connectivity index (χ4v) is 1.80. The molecule has 0 fully saturated rings. The van der Waals surface area contributed by atoms with Gasteiger partial charge in [-0.1, -0.05) is 31.2 Å². The van der Waals surface area contributed by atoms with Gasteiger partial charge >= 0.3 is 0 Å². The lowest BCUT2D eigenvalue weighted by Crippen LogP contribution is -2.13. The molecule has 16 heavy (non-hydrogen) atoms. The summed E-state index contributed by atoms with van der Waals surface area (Å²) in [5.74, 6) is 0. The zero-order valence-corrected chi connectivity index (χ0v) is 10.5. The maximum absolute atomic E-state index is 5.13. The molecule has 2 nitrogen and oxygen atoms in total. The zero-order valence-electron chi connectivity index (χ0n) is 10.5. The number of unbranched alkanes of at least 4 members (excludes halogenated alkanes) is 1. The van der Waals surface area contributed by atoms with Gasteiger partial charge in [0.1, 0.15) is 0 Å². The molecule has 1 aromatic carbocycles. The standard InChI is InChI=1S/C14H23NO/c1-3-15-10-5-4-7-13-8-6-9-14(11-13)12-16-2/h6,8-9,11,15H,3-5,7,10,12H2,1-2H3. The molecule has 0 bridgehead atoms. The number of aryl methyl sites for hydroxylation is 1. The van der Waals surface area contributed by atoms with Crippen molar-refractivity contribution in [1.82, 2.24) is 5.32 Å². The minimum atomic E-state index is 0.714. The number of hydrogen-bond acceptors (Lipinski definition) is 2. The number of rotatable bonds is 8. The molecule has 0 unspecified atom stereocenters. The summed E-state index contributed by atoms with van der Waals surface area (Å²) in [5.41, 5.74) is 2.69. The third kappa shape index (κ3) is 5.29. The normalized spacial score (nSPS) is 10.6. The van der Waals surface area contributed by atoms with Crippen LogP contribution in [0.3, 0.4) is 0 Å². The molecule has 0 aliphatic rings. The fraction of sp³-hybridized carbons (Fsp3) is 0.571. The monoisotopic (exact) mass is 221 g/mol. The van der Waals surface area contributed by atoms with E-state index in [9.17, 15) is 0 Å². The molecule has 0 aliphatic carbocycles. The highest BCUT2D eigenvalue weighted by atomic mass is 16.5. The van der Waals surface area contributed by atoms with Crippen LogP contribution >= 0.6 is 0 Å². The Morgan fingerprint density at radius 2 is 2.00 bits per heavy atom. The maximum Gasteiger partial charge on any atom is 0.0713 e. The Morgan fingerprint density at radius 1 is 1.19 bits per heavy atom. The van der Waals surface area contributed by atoms with Gasteiger partial charge in [-0.15, -0.1) is 0 Å². The van der Waals surface area contributed by atoms with Crippen LogP contribution in [0.15, 0.2) is 24.3 Å². The Hall–Kier alpha value is -0.860. The first-order valence-electron chi connectivity index (χ1n) is 6.14. The summed E-state index contributed by atoms with van der Waals surface area (Å²) in [6, 6.07) is 8.68. The minimum Gasteiger partial charge on any atom is -0.380 e. The SMILES string of the molecule is CCNCCCCc1cccc(COC)c1. The summed E-state index contributed by atoms with van der Waals surface area (Å²) in [6.45, 7) is 5.07. The predicted octanol–water partition coefficient (Wildman–Crippen LogP) is 2.77. The van der Waals surface area contributed by atoms with E-state index in [1.807, 2.05) is 0 Å². The van der Waals surface area contributed by atoms with Gasteiger partial charge in [-0.3, -0.25) is 0 Å². The minimum absolute atomic E-state index is 0.714. The lowest BCUT2D eigenvalue weighted by atomic mass is 10.1. The number of hydrogen-bond donors (Lipinski definition) is 1. The highest BCUT2D eigenvalue weighted by Gasteiger charge is 1.96. The molecule has 0 radical (unpaired) electrons. The van der Waals surface area contributed by atoms with Crippen LogP contribution in [0.2, 0.25) is 0 Å². The number of methoxy groups -OCH3 is 1.